The molecule has 0 heterocycles. The smallest absolute Gasteiger partial charge is 0.171 e. The van der Waals surface area contributed by atoms with Crippen molar-refractivity contribution in [1.29, 1.82) is 0 Å². The third-order valence-electron chi connectivity index (χ3n) is 2.59. The summed E-state index contributed by atoms with van der Waals surface area (Å²) in [7, 11) is 0. The summed E-state index contributed by atoms with van der Waals surface area (Å²) in [6.07, 6.45) is -4.67. The molecule has 84 valence electrons. The molecule has 0 aromatic heterocycles. The van der Waals surface area contributed by atoms with Crippen LogP contribution in [0.2, 0.25) is 0 Å². The van der Waals surface area contributed by atoms with Gasteiger partial charge in [0.25, 0.3) is 0 Å². The molecule has 3 heteroatoms. The van der Waals surface area contributed by atoms with E-state index in [1.807, 2.05) is 44.2 Å². The molecule has 0 radical (unpaired) electrons. The average Bonchev–Trinajstić information content (AvgIpc) is 2.16. The van der Waals surface area contributed by atoms with E-state index in [4.69, 9.17) is 0 Å². The van der Waals surface area contributed by atoms with Gasteiger partial charge in [-0.25, -0.2) is 0 Å². The Labute approximate surface area is 88.1 Å². The Kier molecular flexibility index (Phi) is 3.42. The van der Waals surface area contributed by atoms with E-state index in [1.165, 1.54) is 0 Å². The van der Waals surface area contributed by atoms with E-state index in [1.54, 1.807) is 0 Å². The molecule has 15 heavy (non-hydrogen) atoms. The normalized spacial score (nSPS) is 12.9. The van der Waals surface area contributed by atoms with Gasteiger partial charge in [0, 0.05) is 6.42 Å². The van der Waals surface area contributed by atoms with Gasteiger partial charge in [-0.05, 0) is 17.4 Å². The number of hydrogen-bond donors (Lipinski definition) is 0. The van der Waals surface area contributed by atoms with Crippen LogP contribution in [-0.2, 0) is 5.41 Å². The molecular formula is C12H15F3. The highest BCUT2D eigenvalue weighted by Gasteiger charge is 2.31. The van der Waals surface area contributed by atoms with Crippen molar-refractivity contribution in [3.05, 3.63) is 35.9 Å². The minimum absolute atomic E-state index is 0.126. The number of halogens is 3. The van der Waals surface area contributed by atoms with E-state index < -0.39 is 18.0 Å². The lowest BCUT2D eigenvalue weighted by atomic mass is 9.80. The van der Waals surface area contributed by atoms with Crippen LogP contribution in [0.4, 0.5) is 13.2 Å². The first-order valence-corrected chi connectivity index (χ1v) is 4.93. The van der Waals surface area contributed by atoms with Crippen LogP contribution in [0.1, 0.15) is 32.3 Å². The molecule has 0 saturated heterocycles. The summed E-state index contributed by atoms with van der Waals surface area (Å²) in [4.78, 5) is 0. The lowest BCUT2D eigenvalue weighted by Crippen LogP contribution is -2.21. The lowest BCUT2D eigenvalue weighted by molar-refractivity contribution is -0.138. The minimum Gasteiger partial charge on any atom is -0.171 e. The van der Waals surface area contributed by atoms with Crippen molar-refractivity contribution in [2.45, 2.75) is 38.3 Å². The van der Waals surface area contributed by atoms with E-state index in [9.17, 15) is 13.2 Å². The Morgan fingerprint density at radius 2 is 1.47 bits per heavy atom. The predicted molar refractivity (Wildman–Crippen MR) is 54.8 cm³/mol. The van der Waals surface area contributed by atoms with E-state index >= 15 is 0 Å². The van der Waals surface area contributed by atoms with Gasteiger partial charge >= 0.3 is 6.18 Å². The first-order chi connectivity index (χ1) is 6.81. The number of alkyl halides is 3. The maximum absolute atomic E-state index is 12.1. The van der Waals surface area contributed by atoms with E-state index in [0.29, 0.717) is 0 Å². The molecule has 0 unspecified atom stereocenters. The van der Waals surface area contributed by atoms with Crippen molar-refractivity contribution in [2.75, 3.05) is 0 Å². The molecule has 1 rings (SSSR count). The summed E-state index contributed by atoms with van der Waals surface area (Å²) >= 11 is 0. The van der Waals surface area contributed by atoms with Crippen LogP contribution in [0.25, 0.3) is 0 Å². The molecule has 0 fully saturated rings. The summed E-state index contributed by atoms with van der Waals surface area (Å²) < 4.78 is 36.3. The van der Waals surface area contributed by atoms with E-state index in [2.05, 4.69) is 0 Å². The molecule has 0 aliphatic heterocycles. The van der Waals surface area contributed by atoms with Gasteiger partial charge in [-0.2, -0.15) is 13.2 Å². The molecule has 0 saturated carbocycles. The highest BCUT2D eigenvalue weighted by molar-refractivity contribution is 5.23. The van der Waals surface area contributed by atoms with Gasteiger partial charge < -0.3 is 0 Å². The molecule has 0 aliphatic rings. The summed E-state index contributed by atoms with van der Waals surface area (Å²) in [5.41, 5.74) is 0.533. The zero-order valence-corrected chi connectivity index (χ0v) is 8.93. The second kappa shape index (κ2) is 4.25. The Morgan fingerprint density at radius 1 is 0.933 bits per heavy atom. The maximum Gasteiger partial charge on any atom is 0.389 e. The Bertz CT molecular complexity index is 298. The first-order valence-electron chi connectivity index (χ1n) is 4.93. The molecule has 0 spiro atoms. The van der Waals surface area contributed by atoms with Crippen LogP contribution < -0.4 is 0 Å². The van der Waals surface area contributed by atoms with E-state index in [0.717, 1.165) is 5.56 Å². The molecule has 1 aromatic carbocycles. The van der Waals surface area contributed by atoms with Gasteiger partial charge in [-0.15, -0.1) is 0 Å². The molecule has 0 aliphatic carbocycles. The van der Waals surface area contributed by atoms with Crippen LogP contribution in [0.3, 0.4) is 0 Å². The summed E-state index contributed by atoms with van der Waals surface area (Å²) in [6.45, 7) is 3.68. The summed E-state index contributed by atoms with van der Waals surface area (Å²) in [5.74, 6) is 0. The molecule has 0 N–H and O–H groups in total. The largest absolute Gasteiger partial charge is 0.389 e. The number of rotatable bonds is 3. The zero-order valence-electron chi connectivity index (χ0n) is 8.93. The fourth-order valence-corrected chi connectivity index (χ4v) is 1.49. The van der Waals surface area contributed by atoms with Crippen molar-refractivity contribution in [2.24, 2.45) is 0 Å². The number of hydrogen-bond acceptors (Lipinski definition) is 0. The Hall–Kier alpha value is -0.990. The van der Waals surface area contributed by atoms with Crippen molar-refractivity contribution >= 4 is 0 Å². The van der Waals surface area contributed by atoms with Gasteiger partial charge in [-0.3, -0.25) is 0 Å². The molecule has 0 atom stereocenters. The summed E-state index contributed by atoms with van der Waals surface area (Å²) in [5, 5.41) is 0. The summed E-state index contributed by atoms with van der Waals surface area (Å²) in [6, 6.07) is 9.31. The minimum atomic E-state index is -4.06. The van der Waals surface area contributed by atoms with Crippen LogP contribution in [0.5, 0.6) is 0 Å². The maximum atomic E-state index is 12.1. The monoisotopic (exact) mass is 216 g/mol. The fraction of sp³-hybridized carbons (Fsp3) is 0.500. The molecule has 0 nitrogen and oxygen atoms in total. The highest BCUT2D eigenvalue weighted by atomic mass is 19.4. The third kappa shape index (κ3) is 3.94. The van der Waals surface area contributed by atoms with Crippen molar-refractivity contribution in [1.82, 2.24) is 0 Å². The standard InChI is InChI=1S/C12H15F3/c1-11(2,8-9-12(13,14)15)10-6-4-3-5-7-10/h3-7H,8-9H2,1-2H3. The highest BCUT2D eigenvalue weighted by Crippen LogP contribution is 2.33. The van der Waals surface area contributed by atoms with E-state index in [-0.39, 0.29) is 6.42 Å². The predicted octanol–water partition coefficient (Wildman–Crippen LogP) is 4.31. The third-order valence-corrected chi connectivity index (χ3v) is 2.59. The molecule has 0 amide bonds. The van der Waals surface area contributed by atoms with Crippen LogP contribution in [0.15, 0.2) is 30.3 Å². The SMILES string of the molecule is CC(C)(CCC(F)(F)F)c1ccccc1. The van der Waals surface area contributed by atoms with Crippen LogP contribution in [-0.4, -0.2) is 6.18 Å². The number of benzene rings is 1. The van der Waals surface area contributed by atoms with Gasteiger partial charge in [0.2, 0.25) is 0 Å². The Morgan fingerprint density at radius 3 is 1.93 bits per heavy atom. The Balaban J connectivity index is 2.68. The average molecular weight is 216 g/mol. The molecule has 0 bridgehead atoms. The van der Waals surface area contributed by atoms with Gasteiger partial charge in [0.1, 0.15) is 0 Å². The van der Waals surface area contributed by atoms with Crippen molar-refractivity contribution in [3.63, 3.8) is 0 Å². The second-order valence-corrected chi connectivity index (χ2v) is 4.37. The topological polar surface area (TPSA) is 0 Å². The quantitative estimate of drug-likeness (QED) is 0.706. The second-order valence-electron chi connectivity index (χ2n) is 4.37. The molecule has 1 aromatic rings. The van der Waals surface area contributed by atoms with Crippen molar-refractivity contribution < 1.29 is 13.2 Å². The fourth-order valence-electron chi connectivity index (χ4n) is 1.49. The van der Waals surface area contributed by atoms with Gasteiger partial charge in [-0.1, -0.05) is 44.2 Å². The van der Waals surface area contributed by atoms with Gasteiger partial charge in [0.15, 0.2) is 0 Å². The molecular weight excluding hydrogens is 201 g/mol. The van der Waals surface area contributed by atoms with Gasteiger partial charge in [0.05, 0.1) is 0 Å². The van der Waals surface area contributed by atoms with Crippen LogP contribution >= 0.6 is 0 Å². The van der Waals surface area contributed by atoms with Crippen molar-refractivity contribution in [3.8, 4) is 0 Å². The zero-order chi connectivity index (χ0) is 11.5. The first kappa shape index (κ1) is 12.1. The lowest BCUT2D eigenvalue weighted by Gasteiger charge is -2.25. The van der Waals surface area contributed by atoms with Crippen LogP contribution in [0, 0.1) is 0 Å².